The maximum atomic E-state index is 12.2. The molecule has 8 heteroatoms. The summed E-state index contributed by atoms with van der Waals surface area (Å²) >= 11 is 0. The van der Waals surface area contributed by atoms with Gasteiger partial charge in [-0.2, -0.15) is 5.10 Å². The number of nitrogens with two attached hydrogens (primary N) is 1. The third-order valence-electron chi connectivity index (χ3n) is 4.35. The first kappa shape index (κ1) is 18.2. The van der Waals surface area contributed by atoms with Crippen LogP contribution in [0, 0.1) is 6.92 Å². The largest absolute Gasteiger partial charge is 0.444 e. The number of piperidine rings is 1. The highest BCUT2D eigenvalue weighted by atomic mass is 16.6. The maximum Gasteiger partial charge on any atom is 0.410 e. The van der Waals surface area contributed by atoms with Gasteiger partial charge in [0.1, 0.15) is 11.4 Å². The van der Waals surface area contributed by atoms with Gasteiger partial charge in [0.05, 0.1) is 29.8 Å². The van der Waals surface area contributed by atoms with E-state index in [9.17, 15) is 4.79 Å². The van der Waals surface area contributed by atoms with Crippen molar-refractivity contribution in [1.29, 1.82) is 0 Å². The lowest BCUT2D eigenvalue weighted by atomic mass is 10.1. The van der Waals surface area contributed by atoms with Crippen LogP contribution in [0.3, 0.4) is 0 Å². The number of carbonyl (C=O) groups excluding carboxylic acids is 1. The van der Waals surface area contributed by atoms with Crippen LogP contribution >= 0.6 is 0 Å². The topological polar surface area (TPSA) is 99.2 Å². The number of anilines is 1. The molecule has 2 N–H and O–H groups in total. The van der Waals surface area contributed by atoms with Crippen LogP contribution in [0.25, 0.3) is 11.3 Å². The lowest BCUT2D eigenvalue weighted by Gasteiger charge is -2.33. The third-order valence-corrected chi connectivity index (χ3v) is 4.35. The van der Waals surface area contributed by atoms with Gasteiger partial charge >= 0.3 is 6.09 Å². The summed E-state index contributed by atoms with van der Waals surface area (Å²) in [6.45, 7) is 8.92. The highest BCUT2D eigenvalue weighted by molar-refractivity contribution is 5.68. The molecule has 1 saturated heterocycles. The number of nitrogens with zero attached hydrogens (tertiary/aromatic N) is 5. The molecule has 0 radical (unpaired) electrons. The minimum atomic E-state index is -0.470. The molecule has 3 rings (SSSR count). The number of nitrogen functional groups attached to an aromatic ring is 1. The lowest BCUT2D eigenvalue weighted by molar-refractivity contribution is 0.0184. The third kappa shape index (κ3) is 4.12. The summed E-state index contributed by atoms with van der Waals surface area (Å²) in [4.78, 5) is 22.4. The van der Waals surface area contributed by atoms with Gasteiger partial charge in [0, 0.05) is 24.8 Å². The van der Waals surface area contributed by atoms with Gasteiger partial charge in [0.15, 0.2) is 0 Å². The van der Waals surface area contributed by atoms with Crippen LogP contribution in [0.1, 0.15) is 45.3 Å². The maximum absolute atomic E-state index is 12.2. The lowest BCUT2D eigenvalue weighted by Crippen LogP contribution is -2.42. The van der Waals surface area contributed by atoms with Gasteiger partial charge in [0.25, 0.3) is 0 Å². The van der Waals surface area contributed by atoms with E-state index in [2.05, 4.69) is 15.1 Å². The SMILES string of the molecule is Cc1nn(C2CCN(C(=O)OC(C)(C)C)CC2)cc1-c1cnc(N)cn1. The quantitative estimate of drug-likeness (QED) is 0.886. The number of hydrogen-bond acceptors (Lipinski definition) is 6. The first-order valence-corrected chi connectivity index (χ1v) is 8.84. The van der Waals surface area contributed by atoms with Crippen LogP contribution < -0.4 is 5.73 Å². The summed E-state index contributed by atoms with van der Waals surface area (Å²) in [6.07, 6.45) is 6.65. The molecule has 0 bridgehead atoms. The fourth-order valence-electron chi connectivity index (χ4n) is 3.04. The molecule has 140 valence electrons. The predicted octanol–water partition coefficient (Wildman–Crippen LogP) is 2.80. The van der Waals surface area contributed by atoms with Crippen molar-refractivity contribution in [2.75, 3.05) is 18.8 Å². The van der Waals surface area contributed by atoms with Crippen LogP contribution in [-0.4, -0.2) is 49.4 Å². The van der Waals surface area contributed by atoms with Crippen molar-refractivity contribution in [3.05, 3.63) is 24.3 Å². The molecule has 1 amide bonds. The number of aryl methyl sites for hydroxylation is 1. The standard InChI is InChI=1S/C18H26N6O2/c1-12-14(15-9-21-16(19)10-20-15)11-24(22-12)13-5-7-23(8-6-13)17(25)26-18(2,3)4/h9-11,13H,5-8H2,1-4H3,(H2,19,21). The van der Waals surface area contributed by atoms with E-state index < -0.39 is 5.60 Å². The Balaban J connectivity index is 1.66. The average molecular weight is 358 g/mol. The summed E-state index contributed by atoms with van der Waals surface area (Å²) in [7, 11) is 0. The minimum Gasteiger partial charge on any atom is -0.444 e. The van der Waals surface area contributed by atoms with Crippen molar-refractivity contribution in [2.24, 2.45) is 0 Å². The van der Waals surface area contributed by atoms with Crippen molar-refractivity contribution in [1.82, 2.24) is 24.6 Å². The Morgan fingerprint density at radius 2 is 1.92 bits per heavy atom. The number of amides is 1. The first-order valence-electron chi connectivity index (χ1n) is 8.84. The van der Waals surface area contributed by atoms with E-state index in [1.807, 2.05) is 38.6 Å². The number of carbonyl (C=O) groups is 1. The fraction of sp³-hybridized carbons (Fsp3) is 0.556. The minimum absolute atomic E-state index is 0.245. The molecule has 0 aromatic carbocycles. The summed E-state index contributed by atoms with van der Waals surface area (Å²) in [5, 5.41) is 4.65. The zero-order valence-corrected chi connectivity index (χ0v) is 15.8. The second-order valence-corrected chi connectivity index (χ2v) is 7.63. The van der Waals surface area contributed by atoms with Crippen LogP contribution in [0.5, 0.6) is 0 Å². The molecule has 2 aromatic rings. The number of rotatable bonds is 2. The normalized spacial score (nSPS) is 15.9. The highest BCUT2D eigenvalue weighted by Crippen LogP contribution is 2.27. The zero-order valence-electron chi connectivity index (χ0n) is 15.8. The molecule has 1 fully saturated rings. The molecule has 1 aliphatic rings. The first-order chi connectivity index (χ1) is 12.2. The molecular formula is C18H26N6O2. The van der Waals surface area contributed by atoms with Crippen LogP contribution in [-0.2, 0) is 4.74 Å². The highest BCUT2D eigenvalue weighted by Gasteiger charge is 2.28. The van der Waals surface area contributed by atoms with Gasteiger partial charge in [-0.05, 0) is 40.5 Å². The molecule has 26 heavy (non-hydrogen) atoms. The molecule has 3 heterocycles. The monoisotopic (exact) mass is 358 g/mol. The predicted molar refractivity (Wildman–Crippen MR) is 98.5 cm³/mol. The number of ether oxygens (including phenoxy) is 1. The van der Waals surface area contributed by atoms with E-state index >= 15 is 0 Å². The second-order valence-electron chi connectivity index (χ2n) is 7.63. The molecule has 0 spiro atoms. The zero-order chi connectivity index (χ0) is 18.9. The van der Waals surface area contributed by atoms with E-state index in [1.54, 1.807) is 17.3 Å². The van der Waals surface area contributed by atoms with Crippen LogP contribution in [0.4, 0.5) is 10.6 Å². The number of likely N-dealkylation sites (tertiary alicyclic amines) is 1. The Hall–Kier alpha value is -2.64. The molecule has 1 aliphatic heterocycles. The molecule has 0 unspecified atom stereocenters. The van der Waals surface area contributed by atoms with Crippen molar-refractivity contribution < 1.29 is 9.53 Å². The fourth-order valence-corrected chi connectivity index (χ4v) is 3.04. The van der Waals surface area contributed by atoms with E-state index in [4.69, 9.17) is 10.5 Å². The van der Waals surface area contributed by atoms with Gasteiger partial charge in [-0.15, -0.1) is 0 Å². The number of aromatic nitrogens is 4. The second kappa shape index (κ2) is 6.93. The molecule has 8 nitrogen and oxygen atoms in total. The van der Waals surface area contributed by atoms with Gasteiger partial charge in [-0.3, -0.25) is 9.67 Å². The molecule has 0 atom stereocenters. The molecule has 2 aromatic heterocycles. The summed E-state index contributed by atoms with van der Waals surface area (Å²) in [5.74, 6) is 0.397. The van der Waals surface area contributed by atoms with E-state index in [1.165, 1.54) is 0 Å². The summed E-state index contributed by atoms with van der Waals surface area (Å²) < 4.78 is 7.43. The Bertz CT molecular complexity index is 770. The Labute approximate surface area is 153 Å². The van der Waals surface area contributed by atoms with E-state index in [0.717, 1.165) is 29.8 Å². The number of hydrogen-bond donors (Lipinski definition) is 1. The van der Waals surface area contributed by atoms with E-state index in [-0.39, 0.29) is 12.1 Å². The Morgan fingerprint density at radius 3 is 2.50 bits per heavy atom. The molecule has 0 saturated carbocycles. The van der Waals surface area contributed by atoms with Crippen molar-refractivity contribution in [3.63, 3.8) is 0 Å². The van der Waals surface area contributed by atoms with Crippen molar-refractivity contribution in [3.8, 4) is 11.3 Å². The molecular weight excluding hydrogens is 332 g/mol. The smallest absolute Gasteiger partial charge is 0.410 e. The Kier molecular flexibility index (Phi) is 4.84. The van der Waals surface area contributed by atoms with Gasteiger partial charge in [-0.25, -0.2) is 9.78 Å². The Morgan fingerprint density at radius 1 is 1.23 bits per heavy atom. The summed E-state index contributed by atoms with van der Waals surface area (Å²) in [6, 6.07) is 0.253. The van der Waals surface area contributed by atoms with Crippen molar-refractivity contribution >= 4 is 11.9 Å². The van der Waals surface area contributed by atoms with E-state index in [0.29, 0.717) is 18.9 Å². The van der Waals surface area contributed by atoms with Crippen molar-refractivity contribution in [2.45, 2.75) is 52.2 Å². The van der Waals surface area contributed by atoms with Gasteiger partial charge in [0.2, 0.25) is 0 Å². The van der Waals surface area contributed by atoms with Gasteiger partial charge < -0.3 is 15.4 Å². The average Bonchev–Trinajstić information content (AvgIpc) is 2.96. The van der Waals surface area contributed by atoms with Crippen LogP contribution in [0.2, 0.25) is 0 Å². The van der Waals surface area contributed by atoms with Gasteiger partial charge in [-0.1, -0.05) is 0 Å². The van der Waals surface area contributed by atoms with Crippen LogP contribution in [0.15, 0.2) is 18.6 Å². The molecule has 0 aliphatic carbocycles. The summed E-state index contributed by atoms with van der Waals surface area (Å²) in [5.41, 5.74) is 7.74.